The summed E-state index contributed by atoms with van der Waals surface area (Å²) in [6.45, 7) is 2.30. The van der Waals surface area contributed by atoms with Crippen LogP contribution in [-0.2, 0) is 18.4 Å². The lowest BCUT2D eigenvalue weighted by atomic mass is 10.2. The van der Waals surface area contributed by atoms with Crippen molar-refractivity contribution >= 4 is 23.2 Å². The largest absolute Gasteiger partial charge is 0.444 e. The molecule has 26 heavy (non-hydrogen) atoms. The minimum Gasteiger partial charge on any atom is -0.444 e. The second-order valence-corrected chi connectivity index (χ2v) is 6.72. The lowest BCUT2D eigenvalue weighted by Gasteiger charge is -2.33. The molecule has 1 saturated heterocycles. The molecule has 1 amide bonds. The Bertz CT molecular complexity index is 935. The molecule has 3 heterocycles. The summed E-state index contributed by atoms with van der Waals surface area (Å²) < 4.78 is 7.26. The Kier molecular flexibility index (Phi) is 4.48. The zero-order valence-electron chi connectivity index (χ0n) is 14.3. The van der Waals surface area contributed by atoms with Crippen LogP contribution >= 0.6 is 11.6 Å². The van der Waals surface area contributed by atoms with Gasteiger partial charge in [0.2, 0.25) is 11.8 Å². The second kappa shape index (κ2) is 6.93. The minimum absolute atomic E-state index is 0.0582. The molecule has 0 atom stereocenters. The first-order valence-corrected chi connectivity index (χ1v) is 8.68. The number of aryl methyl sites for hydroxylation is 1. The summed E-state index contributed by atoms with van der Waals surface area (Å²) in [4.78, 5) is 20.8. The van der Waals surface area contributed by atoms with Crippen LogP contribution in [0.4, 0.5) is 5.69 Å². The van der Waals surface area contributed by atoms with Crippen molar-refractivity contribution in [2.45, 2.75) is 6.54 Å². The van der Waals surface area contributed by atoms with E-state index in [2.05, 4.69) is 15.0 Å². The van der Waals surface area contributed by atoms with Gasteiger partial charge in [0.1, 0.15) is 6.26 Å². The van der Waals surface area contributed by atoms with Crippen LogP contribution in [-0.4, -0.2) is 45.2 Å². The van der Waals surface area contributed by atoms with E-state index in [0.29, 0.717) is 30.5 Å². The van der Waals surface area contributed by atoms with E-state index in [1.807, 2.05) is 37.5 Å². The van der Waals surface area contributed by atoms with Gasteiger partial charge in [-0.15, -0.1) is 0 Å². The number of anilines is 1. The van der Waals surface area contributed by atoms with E-state index in [1.54, 1.807) is 22.0 Å². The smallest absolute Gasteiger partial charge is 0.241 e. The fraction of sp³-hybridized carbons (Fsp3) is 0.278. The summed E-state index contributed by atoms with van der Waals surface area (Å²) in [6.07, 6.45) is 5.19. The molecule has 0 N–H and O–H groups in total. The van der Waals surface area contributed by atoms with Crippen molar-refractivity contribution in [3.05, 3.63) is 53.6 Å². The van der Waals surface area contributed by atoms with Crippen LogP contribution < -0.4 is 4.90 Å². The maximum atomic E-state index is 12.5. The maximum absolute atomic E-state index is 12.5. The van der Waals surface area contributed by atoms with Crippen LogP contribution in [0.25, 0.3) is 11.5 Å². The van der Waals surface area contributed by atoms with Crippen molar-refractivity contribution in [3.8, 4) is 11.5 Å². The number of amides is 1. The van der Waals surface area contributed by atoms with Crippen molar-refractivity contribution in [1.29, 1.82) is 0 Å². The van der Waals surface area contributed by atoms with Gasteiger partial charge in [-0.1, -0.05) is 17.7 Å². The highest BCUT2D eigenvalue weighted by Crippen LogP contribution is 2.23. The van der Waals surface area contributed by atoms with Crippen LogP contribution in [0.5, 0.6) is 0 Å². The van der Waals surface area contributed by atoms with Gasteiger partial charge in [0, 0.05) is 43.5 Å². The predicted octanol–water partition coefficient (Wildman–Crippen LogP) is 2.58. The van der Waals surface area contributed by atoms with Gasteiger partial charge in [-0.3, -0.25) is 14.4 Å². The summed E-state index contributed by atoms with van der Waals surface area (Å²) in [5.74, 6) is 0.589. The third-order valence-electron chi connectivity index (χ3n) is 4.31. The van der Waals surface area contributed by atoms with Gasteiger partial charge in [0.05, 0.1) is 24.1 Å². The lowest BCUT2D eigenvalue weighted by molar-refractivity contribution is -0.121. The number of carbonyl (C=O) groups excluding carboxylic acids is 1. The van der Waals surface area contributed by atoms with Gasteiger partial charge in [-0.05, 0) is 18.2 Å². The van der Waals surface area contributed by atoms with Gasteiger partial charge < -0.3 is 9.32 Å². The van der Waals surface area contributed by atoms with E-state index in [9.17, 15) is 4.79 Å². The number of carbonyl (C=O) groups is 1. The summed E-state index contributed by atoms with van der Waals surface area (Å²) in [6, 6.07) is 7.38. The summed E-state index contributed by atoms with van der Waals surface area (Å²) in [5.41, 5.74) is 2.46. The van der Waals surface area contributed by atoms with E-state index in [-0.39, 0.29) is 5.91 Å². The van der Waals surface area contributed by atoms with E-state index in [4.69, 9.17) is 16.0 Å². The number of piperazine rings is 1. The molecule has 1 aliphatic heterocycles. The molecule has 0 bridgehead atoms. The molecule has 1 fully saturated rings. The van der Waals surface area contributed by atoms with Gasteiger partial charge in [0.25, 0.3) is 0 Å². The molecule has 3 aromatic rings. The first-order chi connectivity index (χ1) is 12.6. The Balaban J connectivity index is 1.41. The first kappa shape index (κ1) is 16.8. The molecule has 134 valence electrons. The maximum Gasteiger partial charge on any atom is 0.241 e. The number of oxazole rings is 1. The number of benzene rings is 1. The molecule has 0 saturated carbocycles. The quantitative estimate of drug-likeness (QED) is 0.705. The number of nitrogens with zero attached hydrogens (tertiary/aromatic N) is 5. The summed E-state index contributed by atoms with van der Waals surface area (Å²) in [7, 11) is 1.84. The Morgan fingerprint density at radius 1 is 1.31 bits per heavy atom. The highest BCUT2D eigenvalue weighted by Gasteiger charge is 2.26. The molecule has 1 aromatic carbocycles. The molecule has 0 unspecified atom stereocenters. The van der Waals surface area contributed by atoms with Gasteiger partial charge in [0.15, 0.2) is 0 Å². The summed E-state index contributed by atoms with van der Waals surface area (Å²) in [5, 5.41) is 4.77. The Morgan fingerprint density at radius 2 is 2.19 bits per heavy atom. The zero-order chi connectivity index (χ0) is 18.1. The van der Waals surface area contributed by atoms with Crippen LogP contribution in [0.1, 0.15) is 5.69 Å². The summed E-state index contributed by atoms with van der Waals surface area (Å²) >= 11 is 6.01. The second-order valence-electron chi connectivity index (χ2n) is 6.28. The number of rotatable bonds is 4. The average molecular weight is 372 g/mol. The van der Waals surface area contributed by atoms with Crippen LogP contribution in [0, 0.1) is 0 Å². The number of halogens is 1. The number of hydrogen-bond acceptors (Lipinski definition) is 5. The lowest BCUT2D eigenvalue weighted by Crippen LogP contribution is -2.50. The molecule has 0 radical (unpaired) electrons. The normalized spacial score (nSPS) is 15.6. The third-order valence-corrected chi connectivity index (χ3v) is 4.55. The highest BCUT2D eigenvalue weighted by atomic mass is 35.5. The Morgan fingerprint density at radius 3 is 2.92 bits per heavy atom. The number of hydrogen-bond donors (Lipinski definition) is 0. The van der Waals surface area contributed by atoms with Crippen LogP contribution in [0.15, 0.2) is 47.3 Å². The van der Waals surface area contributed by atoms with Gasteiger partial charge in [-0.2, -0.15) is 5.10 Å². The molecular weight excluding hydrogens is 354 g/mol. The molecule has 0 spiro atoms. The highest BCUT2D eigenvalue weighted by molar-refractivity contribution is 6.30. The standard InChI is InChI=1S/C18H18ClN5O2/c1-22-10-16(8-20-22)24-6-5-23(11-17(24)25)9-15-12-26-18(21-15)13-3-2-4-14(19)7-13/h2-4,7-8,10,12H,5-6,9,11H2,1H3. The van der Waals surface area contributed by atoms with Crippen molar-refractivity contribution in [2.24, 2.45) is 7.05 Å². The Hall–Kier alpha value is -2.64. The van der Waals surface area contributed by atoms with Gasteiger partial charge >= 0.3 is 0 Å². The third kappa shape index (κ3) is 3.49. The van der Waals surface area contributed by atoms with Crippen molar-refractivity contribution in [2.75, 3.05) is 24.5 Å². The molecule has 7 nitrogen and oxygen atoms in total. The van der Waals surface area contributed by atoms with Crippen LogP contribution in [0.2, 0.25) is 5.02 Å². The molecule has 2 aromatic heterocycles. The molecule has 1 aliphatic rings. The predicted molar refractivity (Wildman–Crippen MR) is 97.8 cm³/mol. The van der Waals surface area contributed by atoms with E-state index in [0.717, 1.165) is 23.5 Å². The SMILES string of the molecule is Cn1cc(N2CCN(Cc3coc(-c4cccc(Cl)c4)n3)CC2=O)cn1. The van der Waals surface area contributed by atoms with E-state index >= 15 is 0 Å². The fourth-order valence-corrected chi connectivity index (χ4v) is 3.23. The van der Waals surface area contributed by atoms with Gasteiger partial charge in [-0.25, -0.2) is 4.98 Å². The first-order valence-electron chi connectivity index (χ1n) is 8.30. The van der Waals surface area contributed by atoms with Crippen molar-refractivity contribution < 1.29 is 9.21 Å². The molecule has 8 heteroatoms. The molecule has 4 rings (SSSR count). The average Bonchev–Trinajstić information content (AvgIpc) is 3.24. The monoisotopic (exact) mass is 371 g/mol. The zero-order valence-corrected chi connectivity index (χ0v) is 15.1. The van der Waals surface area contributed by atoms with Crippen molar-refractivity contribution in [1.82, 2.24) is 19.7 Å². The topological polar surface area (TPSA) is 67.4 Å². The Labute approximate surface area is 155 Å². The molecule has 0 aliphatic carbocycles. The van der Waals surface area contributed by atoms with Crippen LogP contribution in [0.3, 0.4) is 0 Å². The van der Waals surface area contributed by atoms with E-state index < -0.39 is 0 Å². The minimum atomic E-state index is 0.0582. The van der Waals surface area contributed by atoms with Crippen molar-refractivity contribution in [3.63, 3.8) is 0 Å². The number of aromatic nitrogens is 3. The molecular formula is C18H18ClN5O2. The fourth-order valence-electron chi connectivity index (χ4n) is 3.04. The van der Waals surface area contributed by atoms with E-state index in [1.165, 1.54) is 0 Å².